The highest BCUT2D eigenvalue weighted by Gasteiger charge is 2.33. The van der Waals surface area contributed by atoms with E-state index in [1.807, 2.05) is 13.0 Å². The Bertz CT molecular complexity index is 1140. The van der Waals surface area contributed by atoms with Crippen molar-refractivity contribution in [1.82, 2.24) is 29.8 Å². The molecule has 1 fully saturated rings. The summed E-state index contributed by atoms with van der Waals surface area (Å²) in [6.45, 7) is 4.72. The number of carbonyl (C=O) groups excluding carboxylic acids is 1. The van der Waals surface area contributed by atoms with Crippen LogP contribution >= 0.6 is 0 Å². The first-order chi connectivity index (χ1) is 16.2. The van der Waals surface area contributed by atoms with Gasteiger partial charge >= 0.3 is 6.18 Å². The van der Waals surface area contributed by atoms with Gasteiger partial charge in [-0.15, -0.1) is 0 Å². The van der Waals surface area contributed by atoms with Gasteiger partial charge in [0.15, 0.2) is 5.82 Å². The van der Waals surface area contributed by atoms with Crippen molar-refractivity contribution in [2.24, 2.45) is 5.92 Å². The molecule has 1 amide bonds. The van der Waals surface area contributed by atoms with Gasteiger partial charge in [0.2, 0.25) is 5.95 Å². The fourth-order valence-electron chi connectivity index (χ4n) is 3.92. The van der Waals surface area contributed by atoms with Crippen LogP contribution in [-0.2, 0) is 6.18 Å². The lowest BCUT2D eigenvalue weighted by molar-refractivity contribution is -0.138. The summed E-state index contributed by atoms with van der Waals surface area (Å²) in [5.74, 6) is 0.545. The number of anilines is 1. The zero-order valence-corrected chi connectivity index (χ0v) is 18.8. The van der Waals surface area contributed by atoms with Crippen LogP contribution in [0.3, 0.4) is 0 Å². The van der Waals surface area contributed by atoms with E-state index in [2.05, 4.69) is 37.2 Å². The van der Waals surface area contributed by atoms with Gasteiger partial charge in [-0.3, -0.25) is 4.79 Å². The molecule has 8 nitrogen and oxygen atoms in total. The minimum atomic E-state index is -4.50. The molecule has 1 aliphatic heterocycles. The molecule has 11 heteroatoms. The average molecular weight is 471 g/mol. The van der Waals surface area contributed by atoms with E-state index in [9.17, 15) is 18.0 Å². The lowest BCUT2D eigenvalue weighted by atomic mass is 9.93. The third-order valence-corrected chi connectivity index (χ3v) is 5.72. The number of amides is 1. The molecular formula is C23H24F3N7O. The van der Waals surface area contributed by atoms with Crippen molar-refractivity contribution in [3.8, 4) is 11.4 Å². The molecule has 0 unspecified atom stereocenters. The maximum absolute atomic E-state index is 13.7. The van der Waals surface area contributed by atoms with E-state index < -0.39 is 11.7 Å². The Hall–Kier alpha value is -3.63. The minimum absolute atomic E-state index is 0.0751. The highest BCUT2D eigenvalue weighted by Crippen LogP contribution is 2.29. The van der Waals surface area contributed by atoms with Crippen molar-refractivity contribution < 1.29 is 18.0 Å². The van der Waals surface area contributed by atoms with Crippen LogP contribution in [0.15, 0.2) is 43.0 Å². The Morgan fingerprint density at radius 2 is 1.82 bits per heavy atom. The molecule has 0 aliphatic carbocycles. The predicted octanol–water partition coefficient (Wildman–Crippen LogP) is 4.01. The van der Waals surface area contributed by atoms with Crippen LogP contribution < -0.4 is 5.32 Å². The molecule has 4 rings (SSSR count). The summed E-state index contributed by atoms with van der Waals surface area (Å²) in [4.78, 5) is 36.0. The van der Waals surface area contributed by atoms with Crippen molar-refractivity contribution in [3.63, 3.8) is 0 Å². The van der Waals surface area contributed by atoms with Crippen molar-refractivity contribution >= 4 is 11.9 Å². The van der Waals surface area contributed by atoms with Crippen molar-refractivity contribution in [2.45, 2.75) is 38.9 Å². The van der Waals surface area contributed by atoms with E-state index >= 15 is 0 Å². The summed E-state index contributed by atoms with van der Waals surface area (Å²) in [5.41, 5.74) is 0.603. The van der Waals surface area contributed by atoms with E-state index in [0.717, 1.165) is 25.2 Å². The second-order valence-electron chi connectivity index (χ2n) is 8.39. The topological polar surface area (TPSA) is 96.8 Å². The molecule has 1 N–H and O–H groups in total. The van der Waals surface area contributed by atoms with Crippen LogP contribution in [0.25, 0.3) is 11.4 Å². The molecule has 4 heterocycles. The number of nitrogens with one attached hydrogen (secondary N) is 1. The monoisotopic (exact) mass is 471 g/mol. The minimum Gasteiger partial charge on any atom is -0.352 e. The van der Waals surface area contributed by atoms with Crippen LogP contribution in [0.4, 0.5) is 19.1 Å². The number of nitrogens with zero attached hydrogens (tertiary/aromatic N) is 6. The molecule has 1 saturated heterocycles. The highest BCUT2D eigenvalue weighted by molar-refractivity contribution is 5.98. The Balaban J connectivity index is 1.56. The second kappa shape index (κ2) is 9.70. The molecule has 0 aromatic carbocycles. The van der Waals surface area contributed by atoms with E-state index in [4.69, 9.17) is 0 Å². The Kier molecular flexibility index (Phi) is 6.71. The third kappa shape index (κ3) is 5.29. The van der Waals surface area contributed by atoms with Gasteiger partial charge in [-0.2, -0.15) is 13.2 Å². The quantitative estimate of drug-likeness (QED) is 0.601. The van der Waals surface area contributed by atoms with E-state index in [-0.39, 0.29) is 23.6 Å². The zero-order valence-electron chi connectivity index (χ0n) is 18.8. The van der Waals surface area contributed by atoms with E-state index in [1.54, 1.807) is 29.4 Å². The molecule has 2 atom stereocenters. The van der Waals surface area contributed by atoms with Crippen LogP contribution in [0.2, 0.25) is 0 Å². The predicted molar refractivity (Wildman–Crippen MR) is 119 cm³/mol. The van der Waals surface area contributed by atoms with Crippen LogP contribution in [-0.4, -0.2) is 54.9 Å². The standard InChI is InChI=1S/C23H24F3N7O/c1-14-4-6-17(12-31-22-29-10-16(11-30-22)23(24,25)26)33(13-14)21(34)19-18(7-5-15(2)32-19)20-27-8-3-9-28-20/h3,5,7-11,14,17H,4,6,12-13H2,1-2H3,(H,29,30,31)/t14-,17-/m0/s1. The molecule has 0 radical (unpaired) electrons. The van der Waals surface area contributed by atoms with Gasteiger partial charge in [-0.1, -0.05) is 6.92 Å². The van der Waals surface area contributed by atoms with Crippen molar-refractivity contribution in [2.75, 3.05) is 18.4 Å². The number of aryl methyl sites for hydroxylation is 1. The number of alkyl halides is 3. The summed E-state index contributed by atoms with van der Waals surface area (Å²) in [6.07, 6.45) is 1.84. The maximum Gasteiger partial charge on any atom is 0.419 e. The maximum atomic E-state index is 13.7. The van der Waals surface area contributed by atoms with Gasteiger partial charge in [0.1, 0.15) is 5.69 Å². The number of piperidine rings is 1. The fraction of sp³-hybridized carbons (Fsp3) is 0.391. The third-order valence-electron chi connectivity index (χ3n) is 5.72. The van der Waals surface area contributed by atoms with Gasteiger partial charge < -0.3 is 10.2 Å². The number of aromatic nitrogens is 5. The summed E-state index contributed by atoms with van der Waals surface area (Å²) in [6, 6.07) is 5.09. The molecule has 3 aromatic heterocycles. The van der Waals surface area contributed by atoms with Crippen molar-refractivity contribution in [3.05, 3.63) is 59.9 Å². The van der Waals surface area contributed by atoms with Gasteiger partial charge in [0.05, 0.1) is 11.1 Å². The van der Waals surface area contributed by atoms with Gasteiger partial charge in [0, 0.05) is 49.6 Å². The molecule has 0 bridgehead atoms. The Morgan fingerprint density at radius 3 is 2.50 bits per heavy atom. The highest BCUT2D eigenvalue weighted by atomic mass is 19.4. The van der Waals surface area contributed by atoms with Crippen molar-refractivity contribution in [1.29, 1.82) is 0 Å². The van der Waals surface area contributed by atoms with Gasteiger partial charge in [0.25, 0.3) is 5.91 Å². The molecule has 34 heavy (non-hydrogen) atoms. The molecule has 178 valence electrons. The normalized spacial score (nSPS) is 18.6. The molecule has 0 spiro atoms. The SMILES string of the molecule is Cc1ccc(-c2ncccn2)c(C(=O)N2C[C@@H](C)CC[C@H]2CNc2ncc(C(F)(F)F)cn2)n1. The Labute approximate surface area is 194 Å². The number of carbonyl (C=O) groups is 1. The first-order valence-electron chi connectivity index (χ1n) is 10.9. The van der Waals surface area contributed by atoms with Crippen LogP contribution in [0.1, 0.15) is 41.5 Å². The summed E-state index contributed by atoms with van der Waals surface area (Å²) in [7, 11) is 0. The summed E-state index contributed by atoms with van der Waals surface area (Å²) >= 11 is 0. The average Bonchev–Trinajstić information content (AvgIpc) is 2.83. The number of rotatable bonds is 5. The lowest BCUT2D eigenvalue weighted by Gasteiger charge is -2.39. The molecular weight excluding hydrogens is 447 g/mol. The van der Waals surface area contributed by atoms with Gasteiger partial charge in [-0.25, -0.2) is 24.9 Å². The van der Waals surface area contributed by atoms with Crippen LogP contribution in [0, 0.1) is 12.8 Å². The Morgan fingerprint density at radius 1 is 1.12 bits per heavy atom. The van der Waals surface area contributed by atoms with E-state index in [0.29, 0.717) is 36.1 Å². The summed E-state index contributed by atoms with van der Waals surface area (Å²) < 4.78 is 38.3. The fourth-order valence-corrected chi connectivity index (χ4v) is 3.92. The molecule has 1 aliphatic rings. The second-order valence-corrected chi connectivity index (χ2v) is 8.39. The zero-order chi connectivity index (χ0) is 24.3. The number of hydrogen-bond acceptors (Lipinski definition) is 7. The summed E-state index contributed by atoms with van der Waals surface area (Å²) in [5, 5.41) is 2.97. The lowest BCUT2D eigenvalue weighted by Crippen LogP contribution is -2.49. The number of likely N-dealkylation sites (tertiary alicyclic amines) is 1. The number of halogens is 3. The molecule has 3 aromatic rings. The van der Waals surface area contributed by atoms with E-state index in [1.165, 1.54) is 0 Å². The largest absolute Gasteiger partial charge is 0.419 e. The number of hydrogen-bond donors (Lipinski definition) is 1. The van der Waals surface area contributed by atoms with Gasteiger partial charge in [-0.05, 0) is 43.9 Å². The smallest absolute Gasteiger partial charge is 0.352 e. The molecule has 0 saturated carbocycles. The first kappa shape index (κ1) is 23.5. The number of pyridine rings is 1. The first-order valence-corrected chi connectivity index (χ1v) is 10.9. The van der Waals surface area contributed by atoms with Crippen LogP contribution in [0.5, 0.6) is 0 Å².